The van der Waals surface area contributed by atoms with Crippen LogP contribution >= 0.6 is 0 Å². The van der Waals surface area contributed by atoms with Gasteiger partial charge in [0.1, 0.15) is 0 Å². The predicted octanol–water partition coefficient (Wildman–Crippen LogP) is 0.240. The number of benzene rings is 1. The molecule has 6 nitrogen and oxygen atoms in total. The first-order valence-corrected chi connectivity index (χ1v) is 8.52. The van der Waals surface area contributed by atoms with Crippen molar-refractivity contribution in [2.45, 2.75) is 25.9 Å². The second kappa shape index (κ2) is 6.26. The summed E-state index contributed by atoms with van der Waals surface area (Å²) < 4.78 is 22.7. The lowest BCUT2D eigenvalue weighted by Gasteiger charge is -2.11. The van der Waals surface area contributed by atoms with Crippen LogP contribution in [-0.2, 0) is 21.2 Å². The molecule has 2 rings (SSSR count). The molecule has 1 fully saturated rings. The molecule has 1 aromatic carbocycles. The normalized spacial score (nSPS) is 20.0. The van der Waals surface area contributed by atoms with E-state index >= 15 is 0 Å². The highest BCUT2D eigenvalue weighted by Crippen LogP contribution is 2.12. The molecule has 21 heavy (non-hydrogen) atoms. The number of hydrogen-bond donors (Lipinski definition) is 2. The van der Waals surface area contributed by atoms with Crippen LogP contribution in [-0.4, -0.2) is 37.8 Å². The molecule has 0 saturated carbocycles. The number of rotatable bonds is 4. The first-order valence-electron chi connectivity index (χ1n) is 6.70. The van der Waals surface area contributed by atoms with Gasteiger partial charge in [-0.1, -0.05) is 12.1 Å². The van der Waals surface area contributed by atoms with Crippen molar-refractivity contribution < 1.29 is 18.0 Å². The Labute approximate surface area is 123 Å². The van der Waals surface area contributed by atoms with E-state index in [1.54, 1.807) is 24.3 Å². The van der Waals surface area contributed by atoms with Crippen molar-refractivity contribution in [2.24, 2.45) is 0 Å². The van der Waals surface area contributed by atoms with E-state index in [0.717, 1.165) is 5.56 Å². The zero-order valence-electron chi connectivity index (χ0n) is 11.8. The summed E-state index contributed by atoms with van der Waals surface area (Å²) in [4.78, 5) is 22.8. The SMILES string of the molecule is CC(=O)NCc1ccc(C(=O)NC2CCS(=O)(=O)C2)cc1. The Morgan fingerprint density at radius 3 is 2.43 bits per heavy atom. The van der Waals surface area contributed by atoms with Crippen molar-refractivity contribution >= 4 is 21.7 Å². The third-order valence-electron chi connectivity index (χ3n) is 3.33. The summed E-state index contributed by atoms with van der Waals surface area (Å²) in [5.74, 6) is -0.241. The summed E-state index contributed by atoms with van der Waals surface area (Å²) >= 11 is 0. The minimum Gasteiger partial charge on any atom is -0.352 e. The molecule has 0 spiro atoms. The Kier molecular flexibility index (Phi) is 4.62. The molecule has 1 aliphatic rings. The van der Waals surface area contributed by atoms with Crippen molar-refractivity contribution in [3.8, 4) is 0 Å². The van der Waals surface area contributed by atoms with Crippen molar-refractivity contribution in [1.29, 1.82) is 0 Å². The lowest BCUT2D eigenvalue weighted by molar-refractivity contribution is -0.119. The summed E-state index contributed by atoms with van der Waals surface area (Å²) in [5.41, 5.74) is 1.37. The minimum atomic E-state index is -3.00. The third kappa shape index (κ3) is 4.56. The van der Waals surface area contributed by atoms with Gasteiger partial charge in [0.2, 0.25) is 5.91 Å². The third-order valence-corrected chi connectivity index (χ3v) is 5.09. The number of carbonyl (C=O) groups excluding carboxylic acids is 2. The molecule has 0 radical (unpaired) electrons. The largest absolute Gasteiger partial charge is 0.352 e. The van der Waals surface area contributed by atoms with Crippen LogP contribution in [0, 0.1) is 0 Å². The molecular weight excluding hydrogens is 292 g/mol. The van der Waals surface area contributed by atoms with Gasteiger partial charge in [0.05, 0.1) is 11.5 Å². The molecule has 1 unspecified atom stereocenters. The molecule has 1 atom stereocenters. The van der Waals surface area contributed by atoms with Gasteiger partial charge < -0.3 is 10.6 Å². The summed E-state index contributed by atoms with van der Waals surface area (Å²) in [6.07, 6.45) is 0.467. The second-order valence-electron chi connectivity index (χ2n) is 5.18. The van der Waals surface area contributed by atoms with Gasteiger partial charge in [-0.15, -0.1) is 0 Å². The molecule has 1 aliphatic heterocycles. The molecule has 114 valence electrons. The Morgan fingerprint density at radius 1 is 1.24 bits per heavy atom. The van der Waals surface area contributed by atoms with Gasteiger partial charge in [0.25, 0.3) is 5.91 Å². The fourth-order valence-corrected chi connectivity index (χ4v) is 3.85. The maximum absolute atomic E-state index is 12.0. The molecule has 0 aromatic heterocycles. The van der Waals surface area contributed by atoms with Gasteiger partial charge in [0, 0.05) is 25.1 Å². The molecule has 7 heteroatoms. The first-order chi connectivity index (χ1) is 9.85. The molecule has 0 aliphatic carbocycles. The van der Waals surface area contributed by atoms with E-state index < -0.39 is 9.84 Å². The van der Waals surface area contributed by atoms with Gasteiger partial charge in [-0.05, 0) is 24.1 Å². The highest BCUT2D eigenvalue weighted by atomic mass is 32.2. The quantitative estimate of drug-likeness (QED) is 0.833. The zero-order chi connectivity index (χ0) is 15.5. The van der Waals surface area contributed by atoms with Crippen LogP contribution in [0.3, 0.4) is 0 Å². The van der Waals surface area contributed by atoms with E-state index in [0.29, 0.717) is 18.5 Å². The van der Waals surface area contributed by atoms with E-state index in [2.05, 4.69) is 10.6 Å². The van der Waals surface area contributed by atoms with Crippen LogP contribution in [0.2, 0.25) is 0 Å². The summed E-state index contributed by atoms with van der Waals surface area (Å²) in [7, 11) is -3.00. The molecule has 1 aromatic rings. The van der Waals surface area contributed by atoms with Crippen molar-refractivity contribution in [2.75, 3.05) is 11.5 Å². The molecular formula is C14H18N2O4S. The summed E-state index contributed by atoms with van der Waals surface area (Å²) in [6.45, 7) is 1.86. The highest BCUT2D eigenvalue weighted by Gasteiger charge is 2.29. The summed E-state index contributed by atoms with van der Waals surface area (Å²) in [6, 6.07) is 6.54. The van der Waals surface area contributed by atoms with Crippen LogP contribution in [0.1, 0.15) is 29.3 Å². The lowest BCUT2D eigenvalue weighted by atomic mass is 10.1. The Balaban J connectivity index is 1.92. The molecule has 1 heterocycles. The second-order valence-corrected chi connectivity index (χ2v) is 7.41. The number of amides is 2. The number of carbonyl (C=O) groups is 2. The van der Waals surface area contributed by atoms with Crippen LogP contribution in [0.25, 0.3) is 0 Å². The maximum atomic E-state index is 12.0. The van der Waals surface area contributed by atoms with Crippen LogP contribution in [0.15, 0.2) is 24.3 Å². The van der Waals surface area contributed by atoms with Gasteiger partial charge in [0.15, 0.2) is 9.84 Å². The first kappa shape index (κ1) is 15.5. The van der Waals surface area contributed by atoms with Crippen molar-refractivity contribution in [3.05, 3.63) is 35.4 Å². The summed E-state index contributed by atoms with van der Waals surface area (Å²) in [5, 5.41) is 5.40. The van der Waals surface area contributed by atoms with Gasteiger partial charge in [-0.25, -0.2) is 8.42 Å². The van der Waals surface area contributed by atoms with Crippen molar-refractivity contribution in [3.63, 3.8) is 0 Å². The number of nitrogens with one attached hydrogen (secondary N) is 2. The number of hydrogen-bond acceptors (Lipinski definition) is 4. The smallest absolute Gasteiger partial charge is 0.251 e. The van der Waals surface area contributed by atoms with Gasteiger partial charge in [-0.3, -0.25) is 9.59 Å². The Hall–Kier alpha value is -1.89. The molecule has 2 amide bonds. The van der Waals surface area contributed by atoms with E-state index in [1.165, 1.54) is 6.92 Å². The van der Waals surface area contributed by atoms with E-state index in [9.17, 15) is 18.0 Å². The minimum absolute atomic E-state index is 0.0132. The number of sulfone groups is 1. The van der Waals surface area contributed by atoms with Crippen molar-refractivity contribution in [1.82, 2.24) is 10.6 Å². The van der Waals surface area contributed by atoms with E-state index in [-0.39, 0.29) is 29.4 Å². The predicted molar refractivity (Wildman–Crippen MR) is 78.5 cm³/mol. The molecule has 1 saturated heterocycles. The van der Waals surface area contributed by atoms with E-state index in [4.69, 9.17) is 0 Å². The van der Waals surface area contributed by atoms with Crippen LogP contribution in [0.5, 0.6) is 0 Å². The topological polar surface area (TPSA) is 92.3 Å². The van der Waals surface area contributed by atoms with Gasteiger partial charge in [-0.2, -0.15) is 0 Å². The zero-order valence-corrected chi connectivity index (χ0v) is 12.6. The maximum Gasteiger partial charge on any atom is 0.251 e. The molecule has 0 bridgehead atoms. The van der Waals surface area contributed by atoms with Gasteiger partial charge >= 0.3 is 0 Å². The average Bonchev–Trinajstić information content (AvgIpc) is 2.76. The fourth-order valence-electron chi connectivity index (χ4n) is 2.18. The monoisotopic (exact) mass is 310 g/mol. The fraction of sp³-hybridized carbons (Fsp3) is 0.429. The Morgan fingerprint density at radius 2 is 1.90 bits per heavy atom. The lowest BCUT2D eigenvalue weighted by Crippen LogP contribution is -2.35. The Bertz CT molecular complexity index is 637. The average molecular weight is 310 g/mol. The highest BCUT2D eigenvalue weighted by molar-refractivity contribution is 7.91. The standard InChI is InChI=1S/C14H18N2O4S/c1-10(17)15-8-11-2-4-12(5-3-11)14(18)16-13-6-7-21(19,20)9-13/h2-5,13H,6-9H2,1H3,(H,15,17)(H,16,18). The van der Waals surface area contributed by atoms with E-state index in [1.807, 2.05) is 0 Å². The molecule has 2 N–H and O–H groups in total. The van der Waals surface area contributed by atoms with Crippen LogP contribution in [0.4, 0.5) is 0 Å². The van der Waals surface area contributed by atoms with Crippen LogP contribution < -0.4 is 10.6 Å².